The zero-order valence-corrected chi connectivity index (χ0v) is 18.0. The van der Waals surface area contributed by atoms with Crippen LogP contribution in [0.4, 0.5) is 0 Å². The van der Waals surface area contributed by atoms with E-state index in [1.807, 2.05) is 51.1 Å². The number of nitrogens with zero attached hydrogens (tertiary/aromatic N) is 2. The first-order valence-electron chi connectivity index (χ1n) is 10.4. The number of amides is 1. The molecule has 0 atom stereocenters. The van der Waals surface area contributed by atoms with Crippen molar-refractivity contribution in [3.8, 4) is 17.2 Å². The van der Waals surface area contributed by atoms with Crippen LogP contribution in [0.1, 0.15) is 39.9 Å². The van der Waals surface area contributed by atoms with Gasteiger partial charge in [0.2, 0.25) is 0 Å². The van der Waals surface area contributed by atoms with E-state index in [4.69, 9.17) is 18.7 Å². The number of benzene rings is 2. The van der Waals surface area contributed by atoms with E-state index < -0.39 is 0 Å². The molecular formula is C24H26N2O5. The highest BCUT2D eigenvalue weighted by molar-refractivity contribution is 5.94. The first-order valence-corrected chi connectivity index (χ1v) is 10.4. The van der Waals surface area contributed by atoms with Gasteiger partial charge in [0.25, 0.3) is 5.91 Å². The number of aryl methyl sites for hydroxylation is 2. The van der Waals surface area contributed by atoms with Gasteiger partial charge < -0.3 is 23.6 Å². The lowest BCUT2D eigenvalue weighted by atomic mass is 10.1. The van der Waals surface area contributed by atoms with Crippen molar-refractivity contribution in [1.82, 2.24) is 10.1 Å². The molecule has 1 aromatic heterocycles. The second kappa shape index (κ2) is 9.12. The highest BCUT2D eigenvalue weighted by atomic mass is 16.6. The number of fused-ring (bicyclic) bond motifs is 1. The van der Waals surface area contributed by atoms with Crippen LogP contribution in [0.3, 0.4) is 0 Å². The fourth-order valence-corrected chi connectivity index (χ4v) is 3.50. The van der Waals surface area contributed by atoms with E-state index in [1.54, 1.807) is 17.0 Å². The topological polar surface area (TPSA) is 74.0 Å². The van der Waals surface area contributed by atoms with Gasteiger partial charge in [-0.1, -0.05) is 17.3 Å². The Morgan fingerprint density at radius 1 is 1.10 bits per heavy atom. The van der Waals surface area contributed by atoms with Gasteiger partial charge in [0.15, 0.2) is 11.5 Å². The number of hydrogen-bond donors (Lipinski definition) is 0. The molecule has 0 bridgehead atoms. The monoisotopic (exact) mass is 422 g/mol. The second-order valence-corrected chi connectivity index (χ2v) is 7.42. The summed E-state index contributed by atoms with van der Waals surface area (Å²) >= 11 is 0. The summed E-state index contributed by atoms with van der Waals surface area (Å²) in [6.07, 6.45) is 0. The molecule has 0 saturated carbocycles. The molecule has 162 valence electrons. The number of carbonyl (C=O) groups is 1. The van der Waals surface area contributed by atoms with E-state index in [2.05, 4.69) is 5.16 Å². The lowest BCUT2D eigenvalue weighted by molar-refractivity contribution is 0.0751. The summed E-state index contributed by atoms with van der Waals surface area (Å²) in [5.41, 5.74) is 3.30. The van der Waals surface area contributed by atoms with Gasteiger partial charge in [0.1, 0.15) is 31.3 Å². The molecule has 31 heavy (non-hydrogen) atoms. The molecule has 7 heteroatoms. The second-order valence-electron chi connectivity index (χ2n) is 7.42. The third-order valence-corrected chi connectivity index (χ3v) is 5.29. The van der Waals surface area contributed by atoms with E-state index >= 15 is 0 Å². The minimum absolute atomic E-state index is 0.0554. The minimum atomic E-state index is -0.0554. The summed E-state index contributed by atoms with van der Waals surface area (Å²) in [5.74, 6) is 2.78. The summed E-state index contributed by atoms with van der Waals surface area (Å²) in [6, 6.07) is 13.0. The Balaban J connectivity index is 1.45. The van der Waals surface area contributed by atoms with Crippen LogP contribution in [-0.2, 0) is 13.2 Å². The Labute approximate surface area is 181 Å². The average molecular weight is 422 g/mol. The molecule has 0 N–H and O–H groups in total. The number of carbonyl (C=O) groups excluding carboxylic acids is 1. The van der Waals surface area contributed by atoms with Crippen LogP contribution in [0.25, 0.3) is 0 Å². The molecule has 0 radical (unpaired) electrons. The first kappa shape index (κ1) is 20.8. The Morgan fingerprint density at radius 2 is 1.90 bits per heavy atom. The Bertz CT molecular complexity index is 1060. The molecule has 0 unspecified atom stereocenters. The van der Waals surface area contributed by atoms with Crippen molar-refractivity contribution in [2.24, 2.45) is 0 Å². The summed E-state index contributed by atoms with van der Waals surface area (Å²) in [4.78, 5) is 14.9. The maximum Gasteiger partial charge on any atom is 0.254 e. The van der Waals surface area contributed by atoms with Gasteiger partial charge >= 0.3 is 0 Å². The maximum atomic E-state index is 13.2. The van der Waals surface area contributed by atoms with Crippen LogP contribution in [0.2, 0.25) is 0 Å². The van der Waals surface area contributed by atoms with Gasteiger partial charge in [0.05, 0.1) is 11.3 Å². The molecule has 3 aromatic rings. The molecule has 1 amide bonds. The van der Waals surface area contributed by atoms with Gasteiger partial charge in [-0.2, -0.15) is 0 Å². The number of ether oxygens (including phenoxy) is 3. The summed E-state index contributed by atoms with van der Waals surface area (Å²) < 4.78 is 22.3. The van der Waals surface area contributed by atoms with E-state index in [-0.39, 0.29) is 5.91 Å². The smallest absolute Gasteiger partial charge is 0.254 e. The fraction of sp³-hybridized carbons (Fsp3) is 0.333. The Hall–Kier alpha value is -3.48. The zero-order chi connectivity index (χ0) is 21.8. The standard InChI is InChI=1S/C24H26N2O5/c1-4-26(14-18-8-9-22-23(12-18)29-11-10-28-22)24(27)19-6-5-7-20(13-19)30-15-21-16(2)25-31-17(21)3/h5-9,12-13H,4,10-11,14-15H2,1-3H3. The van der Waals surface area contributed by atoms with Gasteiger partial charge in [-0.15, -0.1) is 0 Å². The molecule has 2 heterocycles. The van der Waals surface area contributed by atoms with Crippen molar-refractivity contribution in [3.05, 3.63) is 70.6 Å². The van der Waals surface area contributed by atoms with Gasteiger partial charge in [-0.25, -0.2) is 0 Å². The third kappa shape index (κ3) is 4.66. The molecule has 0 aliphatic carbocycles. The predicted octanol–water partition coefficient (Wildman–Crippen LogP) is 4.30. The summed E-state index contributed by atoms with van der Waals surface area (Å²) in [7, 11) is 0. The molecule has 1 aliphatic heterocycles. The van der Waals surface area contributed by atoms with Crippen LogP contribution in [0.15, 0.2) is 47.0 Å². The van der Waals surface area contributed by atoms with Crippen LogP contribution in [0, 0.1) is 13.8 Å². The number of rotatable bonds is 7. The van der Waals surface area contributed by atoms with Crippen molar-refractivity contribution in [1.29, 1.82) is 0 Å². The lowest BCUT2D eigenvalue weighted by Crippen LogP contribution is -2.30. The average Bonchev–Trinajstić information content (AvgIpc) is 3.12. The highest BCUT2D eigenvalue weighted by Gasteiger charge is 2.18. The van der Waals surface area contributed by atoms with E-state index in [0.717, 1.165) is 34.1 Å². The molecular weight excluding hydrogens is 396 g/mol. The van der Waals surface area contributed by atoms with E-state index in [0.29, 0.717) is 44.2 Å². The zero-order valence-electron chi connectivity index (χ0n) is 18.0. The number of hydrogen-bond acceptors (Lipinski definition) is 6. The van der Waals surface area contributed by atoms with Gasteiger partial charge in [-0.3, -0.25) is 4.79 Å². The molecule has 2 aromatic carbocycles. The van der Waals surface area contributed by atoms with Crippen LogP contribution < -0.4 is 14.2 Å². The fourth-order valence-electron chi connectivity index (χ4n) is 3.50. The highest BCUT2D eigenvalue weighted by Crippen LogP contribution is 2.31. The predicted molar refractivity (Wildman–Crippen MR) is 115 cm³/mol. The summed E-state index contributed by atoms with van der Waals surface area (Å²) in [6.45, 7) is 8.20. The lowest BCUT2D eigenvalue weighted by Gasteiger charge is -2.23. The van der Waals surface area contributed by atoms with E-state index in [9.17, 15) is 4.79 Å². The van der Waals surface area contributed by atoms with Crippen LogP contribution >= 0.6 is 0 Å². The number of aromatic nitrogens is 1. The van der Waals surface area contributed by atoms with Crippen LogP contribution in [-0.4, -0.2) is 35.7 Å². The first-order chi connectivity index (χ1) is 15.0. The van der Waals surface area contributed by atoms with Crippen molar-refractivity contribution in [3.63, 3.8) is 0 Å². The van der Waals surface area contributed by atoms with Crippen LogP contribution in [0.5, 0.6) is 17.2 Å². The Morgan fingerprint density at radius 3 is 2.65 bits per heavy atom. The van der Waals surface area contributed by atoms with Crippen molar-refractivity contribution >= 4 is 5.91 Å². The molecule has 1 aliphatic rings. The Kier molecular flexibility index (Phi) is 6.11. The van der Waals surface area contributed by atoms with Crippen molar-refractivity contribution < 1.29 is 23.5 Å². The SMILES string of the molecule is CCN(Cc1ccc2c(c1)OCCO2)C(=O)c1cccc(OCc2c(C)noc2C)c1. The molecule has 4 rings (SSSR count). The largest absolute Gasteiger partial charge is 0.489 e. The van der Waals surface area contributed by atoms with Crippen molar-refractivity contribution in [2.45, 2.75) is 33.9 Å². The third-order valence-electron chi connectivity index (χ3n) is 5.29. The maximum absolute atomic E-state index is 13.2. The van der Waals surface area contributed by atoms with Gasteiger partial charge in [-0.05, 0) is 56.7 Å². The normalized spacial score (nSPS) is 12.5. The minimum Gasteiger partial charge on any atom is -0.489 e. The summed E-state index contributed by atoms with van der Waals surface area (Å²) in [5, 5.41) is 3.94. The molecule has 0 fully saturated rings. The van der Waals surface area contributed by atoms with Crippen molar-refractivity contribution in [2.75, 3.05) is 19.8 Å². The quantitative estimate of drug-likeness (QED) is 0.565. The van der Waals surface area contributed by atoms with E-state index in [1.165, 1.54) is 0 Å². The molecule has 0 saturated heterocycles. The molecule has 7 nitrogen and oxygen atoms in total. The van der Waals surface area contributed by atoms with Gasteiger partial charge in [0, 0.05) is 18.7 Å². The molecule has 0 spiro atoms.